The van der Waals surface area contributed by atoms with Gasteiger partial charge in [-0.15, -0.1) is 0 Å². The lowest BCUT2D eigenvalue weighted by atomic mass is 10.1. The molecule has 0 spiro atoms. The predicted octanol–water partition coefficient (Wildman–Crippen LogP) is 1.25. The van der Waals surface area contributed by atoms with Crippen LogP contribution in [0.2, 0.25) is 0 Å². The molecule has 3 N–H and O–H groups in total. The molecule has 1 atom stereocenters. The van der Waals surface area contributed by atoms with Gasteiger partial charge in [-0.3, -0.25) is 4.79 Å². The second-order valence-electron chi connectivity index (χ2n) is 5.35. The van der Waals surface area contributed by atoms with E-state index in [1.165, 1.54) is 0 Å². The topological polar surface area (TPSA) is 85.0 Å². The van der Waals surface area contributed by atoms with Crippen LogP contribution in [-0.4, -0.2) is 49.3 Å². The lowest BCUT2D eigenvalue weighted by molar-refractivity contribution is -0.138. The van der Waals surface area contributed by atoms with Crippen molar-refractivity contribution in [2.75, 3.05) is 27.2 Å². The highest BCUT2D eigenvalue weighted by atomic mass is 16.5. The lowest BCUT2D eigenvalue weighted by Crippen LogP contribution is -2.35. The Hall–Kier alpha value is -1.79. The second kappa shape index (κ2) is 6.78. The molecule has 0 bridgehead atoms. The molecule has 0 aromatic heterocycles. The average molecular weight is 294 g/mol. The van der Waals surface area contributed by atoms with Crippen LogP contribution in [0.25, 0.3) is 0 Å². The Morgan fingerprint density at radius 3 is 2.62 bits per heavy atom. The largest absolute Gasteiger partial charge is 0.493 e. The summed E-state index contributed by atoms with van der Waals surface area (Å²) in [5, 5.41) is 9.00. The van der Waals surface area contributed by atoms with E-state index in [9.17, 15) is 4.79 Å². The van der Waals surface area contributed by atoms with Gasteiger partial charge in [-0.1, -0.05) is 6.07 Å². The Kier molecular flexibility index (Phi) is 5.03. The first-order valence-corrected chi connectivity index (χ1v) is 7.02. The fraction of sp³-hybridized carbons (Fsp3) is 0.533. The van der Waals surface area contributed by atoms with E-state index in [1.54, 1.807) is 25.3 Å². The third kappa shape index (κ3) is 3.86. The minimum absolute atomic E-state index is 0.117. The summed E-state index contributed by atoms with van der Waals surface area (Å²) in [5.41, 5.74) is 6.15. The zero-order valence-corrected chi connectivity index (χ0v) is 12.4. The molecule has 0 aliphatic carbocycles. The van der Waals surface area contributed by atoms with Gasteiger partial charge in [-0.2, -0.15) is 0 Å². The van der Waals surface area contributed by atoms with E-state index in [2.05, 4.69) is 11.9 Å². The van der Waals surface area contributed by atoms with Crippen LogP contribution in [0, 0.1) is 0 Å². The van der Waals surface area contributed by atoms with Gasteiger partial charge >= 0.3 is 5.97 Å². The summed E-state index contributed by atoms with van der Waals surface area (Å²) in [7, 11) is 3.65. The smallest absolute Gasteiger partial charge is 0.325 e. The number of carboxylic acids is 1. The molecule has 0 saturated carbocycles. The van der Waals surface area contributed by atoms with Crippen LogP contribution in [0.1, 0.15) is 24.4 Å². The first-order valence-electron chi connectivity index (χ1n) is 7.02. The van der Waals surface area contributed by atoms with Crippen molar-refractivity contribution in [1.82, 2.24) is 4.90 Å². The Labute approximate surface area is 124 Å². The van der Waals surface area contributed by atoms with Crippen molar-refractivity contribution < 1.29 is 19.4 Å². The SMILES string of the molecule is COc1ccc(C(N)C(=O)O)cc1OC1CCN(C)CC1. The van der Waals surface area contributed by atoms with E-state index < -0.39 is 12.0 Å². The molecule has 1 aliphatic heterocycles. The Bertz CT molecular complexity index is 498. The molecule has 2 rings (SSSR count). The van der Waals surface area contributed by atoms with E-state index in [1.807, 2.05) is 0 Å². The molecular weight excluding hydrogens is 272 g/mol. The second-order valence-corrected chi connectivity index (χ2v) is 5.35. The van der Waals surface area contributed by atoms with Crippen molar-refractivity contribution in [2.45, 2.75) is 25.0 Å². The number of rotatable bonds is 5. The van der Waals surface area contributed by atoms with E-state index in [4.69, 9.17) is 20.3 Å². The summed E-state index contributed by atoms with van der Waals surface area (Å²) in [6.45, 7) is 1.97. The highest BCUT2D eigenvalue weighted by Crippen LogP contribution is 2.32. The van der Waals surface area contributed by atoms with Gasteiger partial charge < -0.3 is 25.2 Å². The van der Waals surface area contributed by atoms with Crippen molar-refractivity contribution in [3.05, 3.63) is 23.8 Å². The number of ether oxygens (including phenoxy) is 2. The number of nitrogens with two attached hydrogens (primary N) is 1. The fourth-order valence-electron chi connectivity index (χ4n) is 2.40. The molecule has 21 heavy (non-hydrogen) atoms. The maximum atomic E-state index is 11.0. The number of carboxylic acid groups (broad SMARTS) is 1. The highest BCUT2D eigenvalue weighted by molar-refractivity contribution is 5.75. The highest BCUT2D eigenvalue weighted by Gasteiger charge is 2.21. The Morgan fingerprint density at radius 2 is 2.05 bits per heavy atom. The number of benzene rings is 1. The molecule has 6 heteroatoms. The van der Waals surface area contributed by atoms with Crippen molar-refractivity contribution in [2.24, 2.45) is 5.73 Å². The molecule has 6 nitrogen and oxygen atoms in total. The van der Waals surface area contributed by atoms with Gasteiger partial charge in [-0.05, 0) is 37.6 Å². The number of methoxy groups -OCH3 is 1. The maximum absolute atomic E-state index is 11.0. The third-order valence-corrected chi connectivity index (χ3v) is 3.77. The predicted molar refractivity (Wildman–Crippen MR) is 78.7 cm³/mol. The zero-order valence-electron chi connectivity index (χ0n) is 12.4. The van der Waals surface area contributed by atoms with Crippen LogP contribution in [0.4, 0.5) is 0 Å². The summed E-state index contributed by atoms with van der Waals surface area (Å²) >= 11 is 0. The molecule has 1 aliphatic rings. The van der Waals surface area contributed by atoms with Crippen LogP contribution >= 0.6 is 0 Å². The molecular formula is C15H22N2O4. The van der Waals surface area contributed by atoms with Gasteiger partial charge in [0.05, 0.1) is 7.11 Å². The summed E-state index contributed by atoms with van der Waals surface area (Å²) < 4.78 is 11.3. The van der Waals surface area contributed by atoms with Crippen molar-refractivity contribution in [1.29, 1.82) is 0 Å². The number of likely N-dealkylation sites (tertiary alicyclic amines) is 1. The fourth-order valence-corrected chi connectivity index (χ4v) is 2.40. The Balaban J connectivity index is 2.16. The van der Waals surface area contributed by atoms with Crippen molar-refractivity contribution >= 4 is 5.97 Å². The molecule has 1 heterocycles. The van der Waals surface area contributed by atoms with Crippen molar-refractivity contribution in [3.63, 3.8) is 0 Å². The van der Waals surface area contributed by atoms with E-state index in [-0.39, 0.29) is 6.10 Å². The van der Waals surface area contributed by atoms with E-state index in [0.717, 1.165) is 25.9 Å². The summed E-state index contributed by atoms with van der Waals surface area (Å²) in [6, 6.07) is 3.95. The molecule has 1 aromatic carbocycles. The molecule has 1 aromatic rings. The number of aliphatic carboxylic acids is 1. The summed E-state index contributed by atoms with van der Waals surface area (Å²) in [6.07, 6.45) is 2.00. The summed E-state index contributed by atoms with van der Waals surface area (Å²) in [4.78, 5) is 13.2. The number of nitrogens with zero attached hydrogens (tertiary/aromatic N) is 1. The van der Waals surface area contributed by atoms with Gasteiger partial charge in [0.15, 0.2) is 11.5 Å². The third-order valence-electron chi connectivity index (χ3n) is 3.77. The van der Waals surface area contributed by atoms with Gasteiger partial charge in [0.2, 0.25) is 0 Å². The average Bonchev–Trinajstić information content (AvgIpc) is 2.48. The van der Waals surface area contributed by atoms with Crippen molar-refractivity contribution in [3.8, 4) is 11.5 Å². The number of carbonyl (C=O) groups is 1. The van der Waals surface area contributed by atoms with E-state index in [0.29, 0.717) is 17.1 Å². The monoisotopic (exact) mass is 294 g/mol. The minimum Gasteiger partial charge on any atom is -0.493 e. The van der Waals surface area contributed by atoms with Crippen LogP contribution in [0.15, 0.2) is 18.2 Å². The first-order chi connectivity index (χ1) is 10.0. The number of hydrogen-bond donors (Lipinski definition) is 2. The van der Waals surface area contributed by atoms with E-state index >= 15 is 0 Å². The van der Waals surface area contributed by atoms with Crippen LogP contribution in [0.5, 0.6) is 11.5 Å². The standard InChI is InChI=1S/C15H22N2O4/c1-17-7-5-11(6-8-17)21-13-9-10(14(16)15(18)19)3-4-12(13)20-2/h3-4,9,11,14H,5-8,16H2,1-2H3,(H,18,19). The number of piperidine rings is 1. The normalized spacial score (nSPS) is 18.2. The molecule has 1 saturated heterocycles. The Morgan fingerprint density at radius 1 is 1.38 bits per heavy atom. The molecule has 1 unspecified atom stereocenters. The summed E-state index contributed by atoms with van der Waals surface area (Å²) in [5.74, 6) is 0.0851. The van der Waals surface area contributed by atoms with Crippen LogP contribution in [0.3, 0.4) is 0 Å². The molecule has 0 amide bonds. The van der Waals surface area contributed by atoms with Gasteiger partial charge in [0.25, 0.3) is 0 Å². The number of hydrogen-bond acceptors (Lipinski definition) is 5. The molecule has 116 valence electrons. The molecule has 0 radical (unpaired) electrons. The van der Waals surface area contributed by atoms with Gasteiger partial charge in [0, 0.05) is 13.1 Å². The quantitative estimate of drug-likeness (QED) is 0.850. The van der Waals surface area contributed by atoms with Gasteiger partial charge in [-0.25, -0.2) is 0 Å². The van der Waals surface area contributed by atoms with Crippen LogP contribution in [-0.2, 0) is 4.79 Å². The zero-order chi connectivity index (χ0) is 15.4. The maximum Gasteiger partial charge on any atom is 0.325 e. The first kappa shape index (κ1) is 15.6. The minimum atomic E-state index is -1.06. The lowest BCUT2D eigenvalue weighted by Gasteiger charge is -2.29. The van der Waals surface area contributed by atoms with Gasteiger partial charge in [0.1, 0.15) is 12.1 Å². The molecule has 1 fully saturated rings. The van der Waals surface area contributed by atoms with Crippen LogP contribution < -0.4 is 15.2 Å².